The van der Waals surface area contributed by atoms with Gasteiger partial charge in [-0.1, -0.05) is 60.7 Å². The predicted octanol–water partition coefficient (Wildman–Crippen LogP) is 2.97. The summed E-state index contributed by atoms with van der Waals surface area (Å²) in [7, 11) is 0. The van der Waals surface area contributed by atoms with E-state index in [1.165, 1.54) is 0 Å². The molecule has 2 aromatic carbocycles. The molecule has 2 rings (SSSR count). The van der Waals surface area contributed by atoms with Gasteiger partial charge in [-0.15, -0.1) is 0 Å². The molecule has 5 heteroatoms. The van der Waals surface area contributed by atoms with Crippen LogP contribution in [0.4, 0.5) is 0 Å². The Bertz CT molecular complexity index is 574. The molecule has 0 aliphatic heterocycles. The van der Waals surface area contributed by atoms with Gasteiger partial charge in [0.25, 0.3) is 0 Å². The number of benzene rings is 2. The van der Waals surface area contributed by atoms with Crippen molar-refractivity contribution in [1.29, 1.82) is 0 Å². The maximum atomic E-state index is 11.2. The normalized spacial score (nSPS) is 13.5. The second kappa shape index (κ2) is 8.26. The lowest BCUT2D eigenvalue weighted by atomic mass is 10.0. The summed E-state index contributed by atoms with van der Waals surface area (Å²) in [6.07, 6.45) is -0.966. The van der Waals surface area contributed by atoms with E-state index in [0.29, 0.717) is 12.2 Å². The largest absolute Gasteiger partial charge is 0.381 e. The molecule has 0 heterocycles. The maximum absolute atomic E-state index is 11.2. The highest BCUT2D eigenvalue weighted by Crippen LogP contribution is 2.21. The second-order valence-corrected chi connectivity index (χ2v) is 5.04. The fraction of sp³-hybridized carbons (Fsp3) is 0.294. The van der Waals surface area contributed by atoms with Crippen LogP contribution in [0.1, 0.15) is 23.7 Å². The quantitative estimate of drug-likeness (QED) is 0.462. The first-order valence-corrected chi connectivity index (χ1v) is 7.16. The number of aliphatic hydroxyl groups is 1. The molecule has 2 atom stereocenters. The highest BCUT2D eigenvalue weighted by Gasteiger charge is 2.30. The molecule has 0 aromatic heterocycles. The van der Waals surface area contributed by atoms with Crippen molar-refractivity contribution in [2.75, 3.05) is 6.61 Å². The van der Waals surface area contributed by atoms with Gasteiger partial charge >= 0.3 is 0 Å². The number of aliphatic hydroxyl groups excluding tert-OH is 1. The Morgan fingerprint density at radius 2 is 1.64 bits per heavy atom. The van der Waals surface area contributed by atoms with Gasteiger partial charge < -0.3 is 9.84 Å². The third-order valence-corrected chi connectivity index (χ3v) is 3.45. The number of nitro groups is 1. The second-order valence-electron chi connectivity index (χ2n) is 5.04. The molecule has 0 bridgehead atoms. The van der Waals surface area contributed by atoms with E-state index < -0.39 is 17.1 Å². The lowest BCUT2D eigenvalue weighted by molar-refractivity contribution is -0.537. The standard InChI is InChI=1S/C17H19NO4/c19-17(15-9-5-2-6-10-15)16(18(20)21)11-12-22-13-14-7-3-1-4-8-14/h1-10,16-17,19H,11-13H2/t16-,17+/m0/s1. The number of hydrogen-bond donors (Lipinski definition) is 1. The van der Waals surface area contributed by atoms with Gasteiger partial charge in [0.2, 0.25) is 6.04 Å². The fourth-order valence-corrected chi connectivity index (χ4v) is 2.22. The van der Waals surface area contributed by atoms with Gasteiger partial charge in [-0.3, -0.25) is 10.1 Å². The zero-order valence-corrected chi connectivity index (χ0v) is 12.2. The lowest BCUT2D eigenvalue weighted by Crippen LogP contribution is -2.29. The van der Waals surface area contributed by atoms with E-state index in [2.05, 4.69) is 0 Å². The van der Waals surface area contributed by atoms with E-state index in [9.17, 15) is 15.2 Å². The van der Waals surface area contributed by atoms with Crippen molar-refractivity contribution >= 4 is 0 Å². The average Bonchev–Trinajstić information content (AvgIpc) is 2.56. The third kappa shape index (κ3) is 4.65. The molecule has 0 spiro atoms. The highest BCUT2D eigenvalue weighted by atomic mass is 16.6. The molecular weight excluding hydrogens is 282 g/mol. The van der Waals surface area contributed by atoms with E-state index in [4.69, 9.17) is 4.74 Å². The molecule has 0 aliphatic carbocycles. The SMILES string of the molecule is O=[N+]([O-])[C@@H](CCOCc1ccccc1)[C@H](O)c1ccccc1. The van der Waals surface area contributed by atoms with Crippen molar-refractivity contribution in [1.82, 2.24) is 0 Å². The van der Waals surface area contributed by atoms with E-state index in [-0.39, 0.29) is 13.0 Å². The molecule has 0 saturated carbocycles. The molecule has 0 aliphatic rings. The molecule has 116 valence electrons. The van der Waals surface area contributed by atoms with Crippen molar-refractivity contribution < 1.29 is 14.8 Å². The highest BCUT2D eigenvalue weighted by molar-refractivity contribution is 5.18. The summed E-state index contributed by atoms with van der Waals surface area (Å²) in [5, 5.41) is 21.3. The Hall–Kier alpha value is -2.24. The fourth-order valence-electron chi connectivity index (χ4n) is 2.22. The van der Waals surface area contributed by atoms with Crippen LogP contribution in [0.5, 0.6) is 0 Å². The van der Waals surface area contributed by atoms with Crippen LogP contribution < -0.4 is 0 Å². The van der Waals surface area contributed by atoms with Crippen LogP contribution in [-0.2, 0) is 11.3 Å². The van der Waals surface area contributed by atoms with E-state index >= 15 is 0 Å². The summed E-state index contributed by atoms with van der Waals surface area (Å²) >= 11 is 0. The first-order valence-electron chi connectivity index (χ1n) is 7.16. The van der Waals surface area contributed by atoms with Gasteiger partial charge in [0.05, 0.1) is 13.2 Å². The predicted molar refractivity (Wildman–Crippen MR) is 82.9 cm³/mol. The Labute approximate surface area is 129 Å². The van der Waals surface area contributed by atoms with Crippen LogP contribution in [0.3, 0.4) is 0 Å². The Morgan fingerprint density at radius 3 is 2.23 bits per heavy atom. The summed E-state index contributed by atoms with van der Waals surface area (Å²) in [5.74, 6) is 0. The molecule has 0 radical (unpaired) electrons. The van der Waals surface area contributed by atoms with Crippen LogP contribution in [0, 0.1) is 10.1 Å². The molecular formula is C17H19NO4. The molecule has 0 saturated heterocycles. The Morgan fingerprint density at radius 1 is 1.05 bits per heavy atom. The van der Waals surface area contributed by atoms with Crippen molar-refractivity contribution in [2.24, 2.45) is 0 Å². The number of hydrogen-bond acceptors (Lipinski definition) is 4. The number of rotatable bonds is 8. The van der Waals surface area contributed by atoms with Gasteiger partial charge in [-0.05, 0) is 11.1 Å². The van der Waals surface area contributed by atoms with E-state index in [1.807, 2.05) is 30.3 Å². The number of nitrogens with zero attached hydrogens (tertiary/aromatic N) is 1. The summed E-state index contributed by atoms with van der Waals surface area (Å²) in [6, 6.07) is 17.2. The molecule has 1 N–H and O–H groups in total. The first kappa shape index (κ1) is 16.1. The minimum absolute atomic E-state index is 0.163. The molecule has 22 heavy (non-hydrogen) atoms. The van der Waals surface area contributed by atoms with Crippen LogP contribution in [0.25, 0.3) is 0 Å². The van der Waals surface area contributed by atoms with Gasteiger partial charge in [-0.2, -0.15) is 0 Å². The van der Waals surface area contributed by atoms with Crippen molar-refractivity contribution in [2.45, 2.75) is 25.2 Å². The zero-order valence-electron chi connectivity index (χ0n) is 12.2. The molecule has 0 fully saturated rings. The zero-order chi connectivity index (χ0) is 15.8. The van der Waals surface area contributed by atoms with Crippen LogP contribution in [0.2, 0.25) is 0 Å². The van der Waals surface area contributed by atoms with Gasteiger partial charge in [0.15, 0.2) is 0 Å². The van der Waals surface area contributed by atoms with Gasteiger partial charge in [0.1, 0.15) is 6.10 Å². The van der Waals surface area contributed by atoms with Crippen molar-refractivity contribution in [3.63, 3.8) is 0 Å². The maximum Gasteiger partial charge on any atom is 0.244 e. The molecule has 0 unspecified atom stereocenters. The summed E-state index contributed by atoms with van der Waals surface area (Å²) in [5.41, 5.74) is 1.57. The Balaban J connectivity index is 1.86. The van der Waals surface area contributed by atoms with E-state index in [1.54, 1.807) is 30.3 Å². The number of ether oxygens (including phenoxy) is 1. The smallest absolute Gasteiger partial charge is 0.244 e. The Kier molecular flexibility index (Phi) is 6.06. The van der Waals surface area contributed by atoms with Gasteiger partial charge in [0, 0.05) is 11.3 Å². The minimum atomic E-state index is -1.13. The molecule has 2 aromatic rings. The monoisotopic (exact) mass is 301 g/mol. The average molecular weight is 301 g/mol. The lowest BCUT2D eigenvalue weighted by Gasteiger charge is -2.16. The summed E-state index contributed by atoms with van der Waals surface area (Å²) in [4.78, 5) is 10.7. The van der Waals surface area contributed by atoms with Crippen LogP contribution in [0.15, 0.2) is 60.7 Å². The van der Waals surface area contributed by atoms with Crippen molar-refractivity contribution in [3.8, 4) is 0 Å². The first-order chi connectivity index (χ1) is 10.7. The van der Waals surface area contributed by atoms with Crippen LogP contribution >= 0.6 is 0 Å². The molecule has 0 amide bonds. The topological polar surface area (TPSA) is 72.6 Å². The summed E-state index contributed by atoms with van der Waals surface area (Å²) in [6.45, 7) is 0.636. The van der Waals surface area contributed by atoms with E-state index in [0.717, 1.165) is 5.56 Å². The van der Waals surface area contributed by atoms with Crippen LogP contribution in [-0.4, -0.2) is 22.7 Å². The minimum Gasteiger partial charge on any atom is -0.381 e. The third-order valence-electron chi connectivity index (χ3n) is 3.45. The molecule has 5 nitrogen and oxygen atoms in total. The summed E-state index contributed by atoms with van der Waals surface area (Å²) < 4.78 is 5.47. The van der Waals surface area contributed by atoms with Gasteiger partial charge in [-0.25, -0.2) is 0 Å². The van der Waals surface area contributed by atoms with Crippen molar-refractivity contribution in [3.05, 3.63) is 81.9 Å².